The van der Waals surface area contributed by atoms with Gasteiger partial charge in [-0.3, -0.25) is 14.4 Å². The summed E-state index contributed by atoms with van der Waals surface area (Å²) in [6.07, 6.45) is 6.66. The van der Waals surface area contributed by atoms with E-state index in [2.05, 4.69) is 72.0 Å². The number of aromatic nitrogens is 3. The molecule has 1 atom stereocenters. The van der Waals surface area contributed by atoms with Gasteiger partial charge in [-0.25, -0.2) is 0 Å². The predicted molar refractivity (Wildman–Crippen MR) is 143 cm³/mol. The number of unbranched alkanes of at least 4 members (excludes halogenated alkanes) is 1. The second-order valence-electron chi connectivity index (χ2n) is 10.0. The van der Waals surface area contributed by atoms with Crippen molar-refractivity contribution in [3.8, 4) is 5.00 Å². The van der Waals surface area contributed by atoms with Crippen LogP contribution in [0, 0.1) is 20.8 Å². The highest BCUT2D eigenvalue weighted by atomic mass is 32.1. The second-order valence-corrected chi connectivity index (χ2v) is 11.2. The van der Waals surface area contributed by atoms with E-state index < -0.39 is 11.6 Å². The second kappa shape index (κ2) is 9.90. The monoisotopic (exact) mass is 490 g/mol. The third-order valence-corrected chi connectivity index (χ3v) is 7.16. The third-order valence-electron chi connectivity index (χ3n) is 5.97. The molecule has 3 heterocycles. The first-order chi connectivity index (χ1) is 16.6. The van der Waals surface area contributed by atoms with Gasteiger partial charge in [-0.15, -0.1) is 21.5 Å². The molecule has 3 aromatic rings. The number of rotatable bonds is 6. The normalized spacial score (nSPS) is 15.5. The lowest BCUT2D eigenvalue weighted by molar-refractivity contribution is -0.155. The van der Waals surface area contributed by atoms with Crippen LogP contribution in [0.3, 0.4) is 0 Å². The Balaban J connectivity index is 1.83. The number of ether oxygens (including phenoxy) is 1. The maximum atomic E-state index is 12.8. The van der Waals surface area contributed by atoms with Crippen molar-refractivity contribution >= 4 is 29.1 Å². The summed E-state index contributed by atoms with van der Waals surface area (Å²) in [6.45, 7) is 14.0. The van der Waals surface area contributed by atoms with E-state index in [1.54, 1.807) is 11.3 Å². The van der Waals surface area contributed by atoms with Crippen molar-refractivity contribution in [3.63, 3.8) is 0 Å². The zero-order valence-corrected chi connectivity index (χ0v) is 22.5. The number of hydrogen-bond acceptors (Lipinski definition) is 6. The van der Waals surface area contributed by atoms with E-state index in [-0.39, 0.29) is 12.4 Å². The number of thiophene rings is 1. The van der Waals surface area contributed by atoms with E-state index in [1.165, 1.54) is 10.4 Å². The molecule has 0 amide bonds. The van der Waals surface area contributed by atoms with Gasteiger partial charge >= 0.3 is 5.97 Å². The molecule has 4 rings (SSSR count). The maximum absolute atomic E-state index is 12.8. The molecule has 35 heavy (non-hydrogen) atoms. The summed E-state index contributed by atoms with van der Waals surface area (Å²) < 4.78 is 7.70. The van der Waals surface area contributed by atoms with Crippen LogP contribution in [0.2, 0.25) is 0 Å². The number of benzene rings is 1. The van der Waals surface area contributed by atoms with E-state index >= 15 is 0 Å². The lowest BCUT2D eigenvalue weighted by atomic mass is 9.98. The van der Waals surface area contributed by atoms with Crippen LogP contribution >= 0.6 is 11.3 Å². The Morgan fingerprint density at radius 2 is 1.86 bits per heavy atom. The van der Waals surface area contributed by atoms with Crippen molar-refractivity contribution < 1.29 is 9.53 Å². The zero-order valence-electron chi connectivity index (χ0n) is 21.7. The Kier molecular flexibility index (Phi) is 7.08. The molecule has 1 aliphatic rings. The van der Waals surface area contributed by atoms with Crippen LogP contribution in [-0.2, 0) is 9.53 Å². The molecule has 0 saturated carbocycles. The molecular formula is C28H34N4O2S. The predicted octanol–water partition coefficient (Wildman–Crippen LogP) is 6.69. The number of hydrogen-bond donors (Lipinski definition) is 0. The van der Waals surface area contributed by atoms with Gasteiger partial charge in [0.25, 0.3) is 0 Å². The minimum Gasteiger partial charge on any atom is -0.460 e. The molecule has 0 fully saturated rings. The summed E-state index contributed by atoms with van der Waals surface area (Å²) in [5.74, 6) is 1.15. The van der Waals surface area contributed by atoms with Gasteiger partial charge < -0.3 is 4.74 Å². The van der Waals surface area contributed by atoms with Crippen LogP contribution < -0.4 is 0 Å². The first kappa shape index (κ1) is 25.0. The van der Waals surface area contributed by atoms with Gasteiger partial charge in [-0.2, -0.15) is 0 Å². The average Bonchev–Trinajstić information content (AvgIpc) is 3.25. The largest absolute Gasteiger partial charge is 0.460 e. The quantitative estimate of drug-likeness (QED) is 0.361. The Morgan fingerprint density at radius 3 is 2.51 bits per heavy atom. The van der Waals surface area contributed by atoms with Gasteiger partial charge in [0.15, 0.2) is 5.82 Å². The number of esters is 1. The first-order valence-corrected chi connectivity index (χ1v) is 13.0. The van der Waals surface area contributed by atoms with Crippen molar-refractivity contribution in [2.45, 2.75) is 79.4 Å². The Labute approximate surface area is 211 Å². The molecule has 2 aromatic heterocycles. The summed E-state index contributed by atoms with van der Waals surface area (Å²) >= 11 is 1.71. The van der Waals surface area contributed by atoms with Crippen molar-refractivity contribution in [2.24, 2.45) is 4.99 Å². The smallest absolute Gasteiger partial charge is 0.308 e. The third kappa shape index (κ3) is 5.30. The fourth-order valence-electron chi connectivity index (χ4n) is 4.20. The van der Waals surface area contributed by atoms with Gasteiger partial charge in [0, 0.05) is 16.0 Å². The van der Waals surface area contributed by atoms with Gasteiger partial charge in [0.05, 0.1) is 12.1 Å². The SMILES string of the molecule is CCC/C=C/c1ccc(C2=N[C@@H](CC(=O)OC(C)(C)C)c3nnc(C)n3-c3sc(C)c(C)c32)cc1. The van der Waals surface area contributed by atoms with Crippen LogP contribution in [0.15, 0.2) is 35.3 Å². The first-order valence-electron chi connectivity index (χ1n) is 12.2. The summed E-state index contributed by atoms with van der Waals surface area (Å²) in [5, 5.41) is 9.86. The molecule has 6 nitrogen and oxygen atoms in total. The van der Waals surface area contributed by atoms with Gasteiger partial charge in [0.2, 0.25) is 0 Å². The molecule has 1 aliphatic heterocycles. The number of fused-ring (bicyclic) bond motifs is 3. The maximum Gasteiger partial charge on any atom is 0.308 e. The Bertz CT molecular complexity index is 1290. The van der Waals surface area contributed by atoms with Crippen LogP contribution in [0.25, 0.3) is 11.1 Å². The van der Waals surface area contributed by atoms with Gasteiger partial charge in [0.1, 0.15) is 22.5 Å². The van der Waals surface area contributed by atoms with Crippen LogP contribution in [0.4, 0.5) is 0 Å². The number of allylic oxidation sites excluding steroid dienone is 1. The van der Waals surface area contributed by atoms with Crippen molar-refractivity contribution in [1.82, 2.24) is 14.8 Å². The summed E-state index contributed by atoms with van der Waals surface area (Å²) in [4.78, 5) is 19.2. The number of aryl methyl sites for hydroxylation is 2. The number of nitrogens with zero attached hydrogens (tertiary/aromatic N) is 4. The highest BCUT2D eigenvalue weighted by Gasteiger charge is 2.33. The molecule has 184 valence electrons. The van der Waals surface area contributed by atoms with Crippen LogP contribution in [0.5, 0.6) is 0 Å². The van der Waals surface area contributed by atoms with Crippen molar-refractivity contribution in [2.75, 3.05) is 0 Å². The fraction of sp³-hybridized carbons (Fsp3) is 0.429. The molecule has 0 unspecified atom stereocenters. The fourth-order valence-corrected chi connectivity index (χ4v) is 5.42. The van der Waals surface area contributed by atoms with E-state index in [1.807, 2.05) is 27.7 Å². The summed E-state index contributed by atoms with van der Waals surface area (Å²) in [5.41, 5.74) is 4.76. The minimum absolute atomic E-state index is 0.101. The average molecular weight is 491 g/mol. The van der Waals surface area contributed by atoms with Crippen molar-refractivity contribution in [3.05, 3.63) is 69.1 Å². The Hall–Kier alpha value is -3.06. The van der Waals surface area contributed by atoms with Gasteiger partial charge in [-0.05, 0) is 59.1 Å². The summed E-state index contributed by atoms with van der Waals surface area (Å²) in [6, 6.07) is 7.98. The lowest BCUT2D eigenvalue weighted by Gasteiger charge is -2.21. The molecule has 0 aliphatic carbocycles. The highest BCUT2D eigenvalue weighted by molar-refractivity contribution is 7.15. The molecule has 0 saturated heterocycles. The molecule has 0 spiro atoms. The molecule has 7 heteroatoms. The zero-order chi connectivity index (χ0) is 25.3. The lowest BCUT2D eigenvalue weighted by Crippen LogP contribution is -2.25. The van der Waals surface area contributed by atoms with E-state index in [4.69, 9.17) is 9.73 Å². The highest BCUT2D eigenvalue weighted by Crippen LogP contribution is 2.39. The molecule has 1 aromatic carbocycles. The standard InChI is InChI=1S/C28H34N4O2S/c1-8-9-10-11-20-12-14-21(15-13-20)25-24-17(2)18(3)35-27(24)32-19(4)30-31-26(32)22(29-25)16-23(33)34-28(5,6)7/h10-15,22H,8-9,16H2,1-7H3/b11-10+/t22-/m0/s1. The molecule has 0 N–H and O–H groups in total. The molecular weight excluding hydrogens is 456 g/mol. The summed E-state index contributed by atoms with van der Waals surface area (Å²) in [7, 11) is 0. The van der Waals surface area contributed by atoms with E-state index in [0.717, 1.165) is 46.1 Å². The van der Waals surface area contributed by atoms with Crippen LogP contribution in [-0.4, -0.2) is 32.0 Å². The number of carbonyl (C=O) groups is 1. The number of aliphatic imine (C=N–C) groups is 1. The van der Waals surface area contributed by atoms with Crippen molar-refractivity contribution in [1.29, 1.82) is 0 Å². The Morgan fingerprint density at radius 1 is 1.14 bits per heavy atom. The number of carbonyl (C=O) groups excluding carboxylic acids is 1. The van der Waals surface area contributed by atoms with E-state index in [9.17, 15) is 4.79 Å². The van der Waals surface area contributed by atoms with Crippen LogP contribution in [0.1, 0.15) is 91.8 Å². The minimum atomic E-state index is -0.564. The molecule has 0 radical (unpaired) electrons. The molecule has 0 bridgehead atoms. The topological polar surface area (TPSA) is 69.4 Å². The van der Waals surface area contributed by atoms with Gasteiger partial charge in [-0.1, -0.05) is 49.8 Å². The van der Waals surface area contributed by atoms with E-state index in [0.29, 0.717) is 5.82 Å².